The van der Waals surface area contributed by atoms with Crippen LogP contribution in [0.4, 0.5) is 0 Å². The summed E-state index contributed by atoms with van der Waals surface area (Å²) in [4.78, 5) is 18.8. The minimum atomic E-state index is -0.0816. The predicted octanol–water partition coefficient (Wildman–Crippen LogP) is 1.26. The SMILES string of the molecule is O=C(N[C@H]1CN2CCC1C2)c1cc2ccoc2cn1. The first-order valence-electron chi connectivity index (χ1n) is 6.66. The lowest BCUT2D eigenvalue weighted by Gasteiger charge is -2.22. The fourth-order valence-corrected chi connectivity index (χ4v) is 3.18. The normalized spacial score (nSPS) is 28.9. The van der Waals surface area contributed by atoms with Crippen molar-refractivity contribution in [3.8, 4) is 0 Å². The zero-order valence-electron chi connectivity index (χ0n) is 10.5. The molecule has 98 valence electrons. The number of fused-ring (bicyclic) bond motifs is 3. The van der Waals surface area contributed by atoms with Gasteiger partial charge in [0.2, 0.25) is 0 Å². The van der Waals surface area contributed by atoms with Crippen LogP contribution in [0.5, 0.6) is 0 Å². The number of nitrogens with one attached hydrogen (secondary N) is 1. The van der Waals surface area contributed by atoms with Gasteiger partial charge in [-0.3, -0.25) is 4.79 Å². The minimum Gasteiger partial charge on any atom is -0.463 e. The summed E-state index contributed by atoms with van der Waals surface area (Å²) in [6.07, 6.45) is 4.41. The van der Waals surface area contributed by atoms with Crippen LogP contribution in [-0.4, -0.2) is 41.5 Å². The molecule has 0 aromatic carbocycles. The number of pyridine rings is 1. The van der Waals surface area contributed by atoms with Gasteiger partial charge in [0, 0.05) is 24.5 Å². The minimum absolute atomic E-state index is 0.0816. The molecule has 0 aliphatic carbocycles. The molecule has 1 N–H and O–H groups in total. The number of hydrogen-bond acceptors (Lipinski definition) is 4. The Balaban J connectivity index is 1.53. The second-order valence-corrected chi connectivity index (χ2v) is 5.42. The third-order valence-corrected chi connectivity index (χ3v) is 4.22. The molecule has 2 saturated heterocycles. The summed E-state index contributed by atoms with van der Waals surface area (Å²) in [6, 6.07) is 3.90. The van der Waals surface area contributed by atoms with Gasteiger partial charge in [0.05, 0.1) is 12.5 Å². The standard InChI is InChI=1S/C14H15N3O2/c18-14(16-12-8-17-3-1-10(12)7-17)11-5-9-2-4-19-13(9)6-15-11/h2,4-6,10,12H,1,3,7-8H2,(H,16,18)/t10?,12-/m0/s1. The number of furan rings is 1. The Morgan fingerprint density at radius 1 is 1.47 bits per heavy atom. The Morgan fingerprint density at radius 2 is 2.42 bits per heavy atom. The van der Waals surface area contributed by atoms with Crippen molar-refractivity contribution < 1.29 is 9.21 Å². The van der Waals surface area contributed by atoms with E-state index in [1.807, 2.05) is 6.07 Å². The lowest BCUT2D eigenvalue weighted by Crippen LogP contribution is -2.43. The lowest BCUT2D eigenvalue weighted by molar-refractivity contribution is 0.0919. The molecular formula is C14H15N3O2. The topological polar surface area (TPSA) is 58.4 Å². The predicted molar refractivity (Wildman–Crippen MR) is 69.8 cm³/mol. The number of nitrogens with zero attached hydrogens (tertiary/aromatic N) is 2. The van der Waals surface area contributed by atoms with E-state index in [1.165, 1.54) is 13.0 Å². The van der Waals surface area contributed by atoms with Gasteiger partial charge >= 0.3 is 0 Å². The summed E-state index contributed by atoms with van der Waals surface area (Å²) in [5.74, 6) is 0.531. The molecule has 5 heteroatoms. The molecule has 1 amide bonds. The van der Waals surface area contributed by atoms with E-state index in [2.05, 4.69) is 15.2 Å². The average molecular weight is 257 g/mol. The van der Waals surface area contributed by atoms with Crippen molar-refractivity contribution in [2.45, 2.75) is 12.5 Å². The molecule has 0 spiro atoms. The quantitative estimate of drug-likeness (QED) is 0.880. The molecule has 0 radical (unpaired) electrons. The number of amides is 1. The number of carbonyl (C=O) groups excluding carboxylic acids is 1. The fourth-order valence-electron chi connectivity index (χ4n) is 3.18. The molecule has 3 atom stereocenters. The zero-order chi connectivity index (χ0) is 12.8. The molecule has 0 saturated carbocycles. The lowest BCUT2D eigenvalue weighted by atomic mass is 10.00. The van der Waals surface area contributed by atoms with E-state index in [4.69, 9.17) is 4.42 Å². The molecule has 2 aliphatic heterocycles. The molecule has 2 unspecified atom stereocenters. The highest BCUT2D eigenvalue weighted by Gasteiger charge is 2.38. The highest BCUT2D eigenvalue weighted by atomic mass is 16.3. The van der Waals surface area contributed by atoms with E-state index in [1.54, 1.807) is 18.5 Å². The Morgan fingerprint density at radius 3 is 3.21 bits per heavy atom. The van der Waals surface area contributed by atoms with Crippen LogP contribution in [0.15, 0.2) is 29.0 Å². The van der Waals surface area contributed by atoms with Crippen LogP contribution in [0.3, 0.4) is 0 Å². The molecule has 2 aliphatic rings. The van der Waals surface area contributed by atoms with Gasteiger partial charge in [-0.05, 0) is 31.0 Å². The van der Waals surface area contributed by atoms with E-state index in [9.17, 15) is 4.79 Å². The van der Waals surface area contributed by atoms with Crippen molar-refractivity contribution in [2.24, 2.45) is 5.92 Å². The van der Waals surface area contributed by atoms with Gasteiger partial charge in [0.25, 0.3) is 5.91 Å². The molecule has 4 heterocycles. The largest absolute Gasteiger partial charge is 0.463 e. The second kappa shape index (κ2) is 4.06. The second-order valence-electron chi connectivity index (χ2n) is 5.42. The van der Waals surface area contributed by atoms with Crippen LogP contribution in [0.25, 0.3) is 11.0 Å². The highest BCUT2D eigenvalue weighted by molar-refractivity contribution is 5.95. The highest BCUT2D eigenvalue weighted by Crippen LogP contribution is 2.27. The average Bonchev–Trinajstić information content (AvgIpc) is 3.13. The van der Waals surface area contributed by atoms with Gasteiger partial charge in [0.1, 0.15) is 5.69 Å². The van der Waals surface area contributed by atoms with Gasteiger partial charge in [-0.2, -0.15) is 0 Å². The van der Waals surface area contributed by atoms with Crippen LogP contribution in [0.1, 0.15) is 16.9 Å². The van der Waals surface area contributed by atoms with Gasteiger partial charge in [-0.25, -0.2) is 4.98 Å². The van der Waals surface area contributed by atoms with E-state index in [0.29, 0.717) is 17.2 Å². The maximum Gasteiger partial charge on any atom is 0.270 e. The Labute approximate surface area is 110 Å². The Bertz CT molecular complexity index is 636. The van der Waals surface area contributed by atoms with Gasteiger partial charge < -0.3 is 14.6 Å². The van der Waals surface area contributed by atoms with E-state index in [-0.39, 0.29) is 11.9 Å². The molecule has 2 aromatic rings. The van der Waals surface area contributed by atoms with Crippen LogP contribution < -0.4 is 5.32 Å². The molecule has 2 bridgehead atoms. The third kappa shape index (κ3) is 1.81. The molecule has 2 fully saturated rings. The number of rotatable bonds is 2. The molecule has 2 aromatic heterocycles. The molecular weight excluding hydrogens is 242 g/mol. The van der Waals surface area contributed by atoms with Gasteiger partial charge in [-0.15, -0.1) is 0 Å². The fraction of sp³-hybridized carbons (Fsp3) is 0.429. The maximum atomic E-state index is 12.2. The monoisotopic (exact) mass is 257 g/mol. The summed E-state index contributed by atoms with van der Waals surface area (Å²) in [5, 5.41) is 4.02. The van der Waals surface area contributed by atoms with E-state index >= 15 is 0 Å². The van der Waals surface area contributed by atoms with Crippen molar-refractivity contribution in [1.82, 2.24) is 15.2 Å². The van der Waals surface area contributed by atoms with Crippen molar-refractivity contribution in [1.29, 1.82) is 0 Å². The van der Waals surface area contributed by atoms with Crippen molar-refractivity contribution in [3.63, 3.8) is 0 Å². The molecule has 19 heavy (non-hydrogen) atoms. The van der Waals surface area contributed by atoms with Crippen LogP contribution in [0.2, 0.25) is 0 Å². The number of aromatic nitrogens is 1. The van der Waals surface area contributed by atoms with Crippen molar-refractivity contribution >= 4 is 16.9 Å². The van der Waals surface area contributed by atoms with Crippen LogP contribution in [-0.2, 0) is 0 Å². The van der Waals surface area contributed by atoms with E-state index in [0.717, 1.165) is 18.5 Å². The van der Waals surface area contributed by atoms with Crippen LogP contribution in [0, 0.1) is 5.92 Å². The Hall–Kier alpha value is -1.88. The summed E-state index contributed by atoms with van der Waals surface area (Å²) in [7, 11) is 0. The third-order valence-electron chi connectivity index (χ3n) is 4.22. The molecule has 5 nitrogen and oxygen atoms in total. The smallest absolute Gasteiger partial charge is 0.270 e. The number of hydrogen-bond donors (Lipinski definition) is 1. The van der Waals surface area contributed by atoms with Crippen LogP contribution >= 0.6 is 0 Å². The first-order valence-corrected chi connectivity index (χ1v) is 6.66. The summed E-state index contributed by atoms with van der Waals surface area (Å²) in [6.45, 7) is 3.28. The number of piperidine rings is 1. The summed E-state index contributed by atoms with van der Waals surface area (Å²) in [5.41, 5.74) is 1.18. The summed E-state index contributed by atoms with van der Waals surface area (Å²) < 4.78 is 5.23. The zero-order valence-corrected chi connectivity index (χ0v) is 10.5. The van der Waals surface area contributed by atoms with Crippen molar-refractivity contribution in [2.75, 3.05) is 19.6 Å². The van der Waals surface area contributed by atoms with Gasteiger partial charge in [-0.1, -0.05) is 0 Å². The Kier molecular flexibility index (Phi) is 2.35. The number of carbonyl (C=O) groups is 1. The molecule has 4 rings (SSSR count). The maximum absolute atomic E-state index is 12.2. The first-order chi connectivity index (χ1) is 9.29. The first kappa shape index (κ1) is 11.0. The summed E-state index contributed by atoms with van der Waals surface area (Å²) >= 11 is 0. The van der Waals surface area contributed by atoms with E-state index < -0.39 is 0 Å². The van der Waals surface area contributed by atoms with Crippen molar-refractivity contribution in [3.05, 3.63) is 30.3 Å². The van der Waals surface area contributed by atoms with Gasteiger partial charge in [0.15, 0.2) is 5.58 Å².